The molecule has 0 saturated carbocycles. The number of piperazine rings is 1. The van der Waals surface area contributed by atoms with E-state index in [4.69, 9.17) is 0 Å². The van der Waals surface area contributed by atoms with Gasteiger partial charge in [-0.25, -0.2) is 0 Å². The Bertz CT molecular complexity index is 403. The molecule has 0 radical (unpaired) electrons. The van der Waals surface area contributed by atoms with Crippen LogP contribution >= 0.6 is 0 Å². The van der Waals surface area contributed by atoms with Crippen LogP contribution in [-0.4, -0.2) is 36.0 Å². The van der Waals surface area contributed by atoms with Crippen molar-refractivity contribution in [1.82, 2.24) is 4.90 Å². The van der Waals surface area contributed by atoms with Crippen molar-refractivity contribution in [3.05, 3.63) is 30.3 Å². The van der Waals surface area contributed by atoms with Crippen LogP contribution in [0.25, 0.3) is 0 Å². The van der Waals surface area contributed by atoms with Gasteiger partial charge < -0.3 is 9.80 Å². The highest BCUT2D eigenvalue weighted by Gasteiger charge is 2.41. The van der Waals surface area contributed by atoms with Crippen molar-refractivity contribution in [2.24, 2.45) is 0 Å². The molecule has 2 aliphatic heterocycles. The highest BCUT2D eigenvalue weighted by atomic mass is 16.2. The molecule has 3 rings (SSSR count). The first-order valence-electron chi connectivity index (χ1n) is 6.34. The zero-order chi connectivity index (χ0) is 11.8. The van der Waals surface area contributed by atoms with Gasteiger partial charge in [0.25, 0.3) is 0 Å². The average Bonchev–Trinajstić information content (AvgIpc) is 2.62. The van der Waals surface area contributed by atoms with E-state index in [1.54, 1.807) is 6.92 Å². The Kier molecular flexibility index (Phi) is 2.54. The predicted octanol–water partition coefficient (Wildman–Crippen LogP) is 1.89. The normalized spacial score (nSPS) is 27.4. The highest BCUT2D eigenvalue weighted by Crippen LogP contribution is 2.32. The second kappa shape index (κ2) is 4.06. The molecule has 1 amide bonds. The van der Waals surface area contributed by atoms with Gasteiger partial charge in [-0.1, -0.05) is 18.2 Å². The maximum atomic E-state index is 11.6. The van der Waals surface area contributed by atoms with Gasteiger partial charge in [-0.3, -0.25) is 4.79 Å². The van der Waals surface area contributed by atoms with Crippen LogP contribution in [0.15, 0.2) is 30.3 Å². The van der Waals surface area contributed by atoms with Gasteiger partial charge in [0.15, 0.2) is 0 Å². The van der Waals surface area contributed by atoms with E-state index in [9.17, 15) is 4.79 Å². The molecule has 1 aromatic carbocycles. The first kappa shape index (κ1) is 10.6. The molecule has 0 aliphatic carbocycles. The largest absolute Gasteiger partial charge is 0.367 e. The molecule has 2 aliphatic rings. The van der Waals surface area contributed by atoms with E-state index in [1.807, 2.05) is 6.07 Å². The summed E-state index contributed by atoms with van der Waals surface area (Å²) in [4.78, 5) is 16.1. The predicted molar refractivity (Wildman–Crippen MR) is 68.0 cm³/mol. The molecule has 2 atom stereocenters. The number of anilines is 1. The third kappa shape index (κ3) is 1.79. The molecule has 3 heteroatoms. The number of nitrogens with zero attached hydrogens (tertiary/aromatic N) is 2. The first-order valence-corrected chi connectivity index (χ1v) is 6.34. The van der Waals surface area contributed by atoms with E-state index in [2.05, 4.69) is 34.1 Å². The fourth-order valence-electron chi connectivity index (χ4n) is 3.27. The molecular weight excluding hydrogens is 212 g/mol. The molecule has 2 heterocycles. The SMILES string of the molecule is CC(=O)N1C2CCC1CN(c1ccccc1)C2. The second-order valence-corrected chi connectivity index (χ2v) is 5.05. The molecule has 2 bridgehead atoms. The summed E-state index contributed by atoms with van der Waals surface area (Å²) in [6.45, 7) is 3.67. The molecule has 17 heavy (non-hydrogen) atoms. The topological polar surface area (TPSA) is 23.6 Å². The molecule has 90 valence electrons. The molecule has 1 aromatic rings. The van der Waals surface area contributed by atoms with Gasteiger partial charge in [-0.2, -0.15) is 0 Å². The molecule has 0 spiro atoms. The van der Waals surface area contributed by atoms with E-state index < -0.39 is 0 Å². The van der Waals surface area contributed by atoms with E-state index in [-0.39, 0.29) is 5.91 Å². The van der Waals surface area contributed by atoms with Crippen LogP contribution < -0.4 is 4.90 Å². The fraction of sp³-hybridized carbons (Fsp3) is 0.500. The number of rotatable bonds is 1. The molecule has 2 fully saturated rings. The summed E-state index contributed by atoms with van der Waals surface area (Å²) in [5, 5.41) is 0. The smallest absolute Gasteiger partial charge is 0.220 e. The number of amides is 1. The average molecular weight is 230 g/mol. The summed E-state index contributed by atoms with van der Waals surface area (Å²) in [6, 6.07) is 11.4. The molecule has 3 nitrogen and oxygen atoms in total. The number of hydrogen-bond acceptors (Lipinski definition) is 2. The Morgan fingerprint density at radius 1 is 1.12 bits per heavy atom. The number of para-hydroxylation sites is 1. The molecule has 0 aromatic heterocycles. The maximum absolute atomic E-state index is 11.6. The standard InChI is InChI=1S/C14H18N2O/c1-11(17)16-13-7-8-14(16)10-15(9-13)12-5-3-2-4-6-12/h2-6,13-14H,7-10H2,1H3. The van der Waals surface area contributed by atoms with Gasteiger partial charge in [0, 0.05) is 37.8 Å². The summed E-state index contributed by atoms with van der Waals surface area (Å²) in [7, 11) is 0. The summed E-state index contributed by atoms with van der Waals surface area (Å²) in [5.41, 5.74) is 1.28. The van der Waals surface area contributed by atoms with Crippen LogP contribution in [0.3, 0.4) is 0 Å². The second-order valence-electron chi connectivity index (χ2n) is 5.05. The lowest BCUT2D eigenvalue weighted by Crippen LogP contribution is -2.55. The van der Waals surface area contributed by atoms with Crippen LogP contribution in [0.4, 0.5) is 5.69 Å². The lowest BCUT2D eigenvalue weighted by Gasteiger charge is -2.41. The van der Waals surface area contributed by atoms with Gasteiger partial charge in [0.2, 0.25) is 5.91 Å². The summed E-state index contributed by atoms with van der Waals surface area (Å²) in [6.07, 6.45) is 2.32. The summed E-state index contributed by atoms with van der Waals surface area (Å²) < 4.78 is 0. The van der Waals surface area contributed by atoms with E-state index in [0.717, 1.165) is 25.9 Å². The lowest BCUT2D eigenvalue weighted by molar-refractivity contribution is -0.132. The van der Waals surface area contributed by atoms with E-state index in [1.165, 1.54) is 5.69 Å². The zero-order valence-corrected chi connectivity index (χ0v) is 10.2. The number of hydrogen-bond donors (Lipinski definition) is 0. The quantitative estimate of drug-likeness (QED) is 0.735. The van der Waals surface area contributed by atoms with Gasteiger partial charge >= 0.3 is 0 Å². The van der Waals surface area contributed by atoms with Crippen LogP contribution in [-0.2, 0) is 4.79 Å². The van der Waals surface area contributed by atoms with E-state index >= 15 is 0 Å². The minimum absolute atomic E-state index is 0.241. The number of benzene rings is 1. The van der Waals surface area contributed by atoms with Crippen molar-refractivity contribution in [2.75, 3.05) is 18.0 Å². The Hall–Kier alpha value is -1.51. The Morgan fingerprint density at radius 3 is 2.24 bits per heavy atom. The van der Waals surface area contributed by atoms with Crippen LogP contribution in [0.1, 0.15) is 19.8 Å². The zero-order valence-electron chi connectivity index (χ0n) is 10.2. The monoisotopic (exact) mass is 230 g/mol. The number of carbonyl (C=O) groups is 1. The first-order chi connectivity index (χ1) is 8.25. The van der Waals surface area contributed by atoms with Crippen LogP contribution in [0, 0.1) is 0 Å². The van der Waals surface area contributed by atoms with Crippen molar-refractivity contribution in [2.45, 2.75) is 31.8 Å². The third-order valence-corrected chi connectivity index (χ3v) is 3.97. The van der Waals surface area contributed by atoms with Gasteiger partial charge in [0.1, 0.15) is 0 Å². The Labute approximate surface area is 102 Å². The van der Waals surface area contributed by atoms with Gasteiger partial charge in [-0.15, -0.1) is 0 Å². The summed E-state index contributed by atoms with van der Waals surface area (Å²) in [5.74, 6) is 0.241. The maximum Gasteiger partial charge on any atom is 0.220 e. The van der Waals surface area contributed by atoms with Crippen LogP contribution in [0.2, 0.25) is 0 Å². The van der Waals surface area contributed by atoms with Crippen molar-refractivity contribution in [3.8, 4) is 0 Å². The number of carbonyl (C=O) groups excluding carboxylic acids is 1. The highest BCUT2D eigenvalue weighted by molar-refractivity contribution is 5.75. The molecule has 2 saturated heterocycles. The van der Waals surface area contributed by atoms with E-state index in [0.29, 0.717) is 12.1 Å². The van der Waals surface area contributed by atoms with Crippen molar-refractivity contribution in [1.29, 1.82) is 0 Å². The molecular formula is C14H18N2O. The minimum Gasteiger partial charge on any atom is -0.367 e. The lowest BCUT2D eigenvalue weighted by atomic mass is 10.1. The fourth-order valence-corrected chi connectivity index (χ4v) is 3.27. The van der Waals surface area contributed by atoms with Gasteiger partial charge in [0.05, 0.1) is 0 Å². The van der Waals surface area contributed by atoms with Crippen molar-refractivity contribution < 1.29 is 4.79 Å². The molecule has 0 N–H and O–H groups in total. The number of fused-ring (bicyclic) bond motifs is 2. The van der Waals surface area contributed by atoms with Gasteiger partial charge in [-0.05, 0) is 25.0 Å². The Balaban J connectivity index is 1.80. The van der Waals surface area contributed by atoms with Crippen molar-refractivity contribution >= 4 is 11.6 Å². The molecule has 2 unspecified atom stereocenters. The Morgan fingerprint density at radius 2 is 1.71 bits per heavy atom. The minimum atomic E-state index is 0.241. The third-order valence-electron chi connectivity index (χ3n) is 3.97. The van der Waals surface area contributed by atoms with Crippen LogP contribution in [0.5, 0.6) is 0 Å². The summed E-state index contributed by atoms with van der Waals surface area (Å²) >= 11 is 0. The van der Waals surface area contributed by atoms with Crippen molar-refractivity contribution in [3.63, 3.8) is 0 Å².